The molecule has 28 heavy (non-hydrogen) atoms. The van der Waals surface area contributed by atoms with Gasteiger partial charge in [0.1, 0.15) is 0 Å². The first kappa shape index (κ1) is 19.1. The van der Waals surface area contributed by atoms with Crippen LogP contribution < -0.4 is 16.0 Å². The Morgan fingerprint density at radius 2 is 1.64 bits per heavy atom. The number of nitrogens with zero attached hydrogens (tertiary/aromatic N) is 1. The van der Waals surface area contributed by atoms with E-state index >= 15 is 0 Å². The molecular weight excluding hydrogens is 362 g/mol. The number of nitrogens with two attached hydrogens (primary N) is 1. The van der Waals surface area contributed by atoms with Crippen molar-refractivity contribution in [2.45, 2.75) is 12.8 Å². The second kappa shape index (κ2) is 8.34. The molecule has 1 aliphatic rings. The highest BCUT2D eigenvalue weighted by atomic mass is 16.5. The van der Waals surface area contributed by atoms with E-state index in [0.717, 1.165) is 12.1 Å². The van der Waals surface area contributed by atoms with Crippen LogP contribution in [0.3, 0.4) is 0 Å². The monoisotopic (exact) mass is 381 g/mol. The van der Waals surface area contributed by atoms with Crippen LogP contribution in [0.5, 0.6) is 0 Å². The van der Waals surface area contributed by atoms with Crippen molar-refractivity contribution >= 4 is 35.1 Å². The van der Waals surface area contributed by atoms with Gasteiger partial charge < -0.3 is 20.7 Å². The van der Waals surface area contributed by atoms with E-state index in [0.29, 0.717) is 18.7 Å². The third-order valence-electron chi connectivity index (χ3n) is 4.28. The van der Waals surface area contributed by atoms with Gasteiger partial charge >= 0.3 is 5.97 Å². The van der Waals surface area contributed by atoms with E-state index in [4.69, 9.17) is 10.5 Å². The molecule has 0 saturated carbocycles. The third-order valence-corrected chi connectivity index (χ3v) is 4.28. The highest BCUT2D eigenvalue weighted by molar-refractivity contribution is 5.98. The molecule has 1 fully saturated rings. The Labute approximate surface area is 161 Å². The van der Waals surface area contributed by atoms with Gasteiger partial charge in [0.2, 0.25) is 11.8 Å². The average Bonchev–Trinajstić information content (AvgIpc) is 3.12. The smallest absolute Gasteiger partial charge is 0.338 e. The van der Waals surface area contributed by atoms with E-state index in [-0.39, 0.29) is 17.0 Å². The minimum atomic E-state index is -0.686. The number of esters is 1. The summed E-state index contributed by atoms with van der Waals surface area (Å²) in [5.41, 5.74) is 6.93. The summed E-state index contributed by atoms with van der Waals surface area (Å²) in [6, 6.07) is 12.5. The standard InChI is InChI=1S/C20H19N3O5/c21-19(26)13-3-5-14(6-4-13)20(27)28-12-17(24)22-15-7-9-16(10-8-15)23-11-1-2-18(23)25/h3-10H,1-2,11-12H2,(H2,21,26)(H,22,24). The Hall–Kier alpha value is -3.68. The molecule has 0 aliphatic carbocycles. The molecule has 3 N–H and O–H groups in total. The third kappa shape index (κ3) is 4.53. The van der Waals surface area contributed by atoms with E-state index in [1.54, 1.807) is 29.2 Å². The molecule has 8 heteroatoms. The van der Waals surface area contributed by atoms with Gasteiger partial charge in [0.25, 0.3) is 5.91 Å². The first-order chi connectivity index (χ1) is 13.4. The summed E-state index contributed by atoms with van der Waals surface area (Å²) in [4.78, 5) is 48.4. The number of benzene rings is 2. The lowest BCUT2D eigenvalue weighted by Gasteiger charge is -2.16. The van der Waals surface area contributed by atoms with Gasteiger partial charge in [-0.25, -0.2) is 4.79 Å². The average molecular weight is 381 g/mol. The molecule has 0 unspecified atom stereocenters. The molecule has 2 aromatic rings. The number of rotatable bonds is 6. The minimum absolute atomic E-state index is 0.0903. The summed E-state index contributed by atoms with van der Waals surface area (Å²) < 4.78 is 4.96. The molecule has 1 heterocycles. The Bertz CT molecular complexity index is 906. The maximum Gasteiger partial charge on any atom is 0.338 e. The topological polar surface area (TPSA) is 119 Å². The van der Waals surface area contributed by atoms with Crippen LogP contribution in [0.15, 0.2) is 48.5 Å². The summed E-state index contributed by atoms with van der Waals surface area (Å²) in [6.45, 7) is 0.240. The second-order valence-electron chi connectivity index (χ2n) is 6.26. The first-order valence-electron chi connectivity index (χ1n) is 8.71. The predicted molar refractivity (Wildman–Crippen MR) is 102 cm³/mol. The molecule has 8 nitrogen and oxygen atoms in total. The highest BCUT2D eigenvalue weighted by Crippen LogP contribution is 2.23. The number of carbonyl (C=O) groups is 4. The predicted octanol–water partition coefficient (Wildman–Crippen LogP) is 1.71. The lowest BCUT2D eigenvalue weighted by molar-refractivity contribution is -0.119. The number of hydrogen-bond donors (Lipinski definition) is 2. The van der Waals surface area contributed by atoms with Crippen LogP contribution in [-0.4, -0.2) is 36.8 Å². The van der Waals surface area contributed by atoms with Crippen LogP contribution in [0.2, 0.25) is 0 Å². The number of nitrogens with one attached hydrogen (secondary N) is 1. The van der Waals surface area contributed by atoms with Gasteiger partial charge in [-0.1, -0.05) is 0 Å². The largest absolute Gasteiger partial charge is 0.452 e. The molecule has 3 rings (SSSR count). The van der Waals surface area contributed by atoms with Crippen LogP contribution in [0.1, 0.15) is 33.6 Å². The summed E-state index contributed by atoms with van der Waals surface area (Å²) in [7, 11) is 0. The number of anilines is 2. The maximum absolute atomic E-state index is 12.0. The summed E-state index contributed by atoms with van der Waals surface area (Å²) >= 11 is 0. The van der Waals surface area contributed by atoms with Crippen molar-refractivity contribution in [2.75, 3.05) is 23.4 Å². The van der Waals surface area contributed by atoms with Gasteiger partial charge in [-0.3, -0.25) is 14.4 Å². The van der Waals surface area contributed by atoms with Crippen molar-refractivity contribution in [3.8, 4) is 0 Å². The fourth-order valence-electron chi connectivity index (χ4n) is 2.83. The lowest BCUT2D eigenvalue weighted by Crippen LogP contribution is -2.23. The molecule has 144 valence electrons. The lowest BCUT2D eigenvalue weighted by atomic mass is 10.1. The van der Waals surface area contributed by atoms with Gasteiger partial charge in [0, 0.05) is 29.9 Å². The quantitative estimate of drug-likeness (QED) is 0.739. The fourth-order valence-corrected chi connectivity index (χ4v) is 2.83. The van der Waals surface area contributed by atoms with Crippen LogP contribution >= 0.6 is 0 Å². The maximum atomic E-state index is 12.0. The number of carbonyl (C=O) groups excluding carboxylic acids is 4. The zero-order valence-electron chi connectivity index (χ0n) is 15.0. The highest BCUT2D eigenvalue weighted by Gasteiger charge is 2.21. The molecule has 1 saturated heterocycles. The molecule has 0 aromatic heterocycles. The van der Waals surface area contributed by atoms with E-state index in [1.807, 2.05) is 0 Å². The van der Waals surface area contributed by atoms with E-state index in [2.05, 4.69) is 5.32 Å². The van der Waals surface area contributed by atoms with Crippen molar-refractivity contribution in [2.24, 2.45) is 5.73 Å². The van der Waals surface area contributed by atoms with E-state index < -0.39 is 24.4 Å². The molecule has 0 spiro atoms. The normalized spacial score (nSPS) is 13.3. The van der Waals surface area contributed by atoms with Crippen LogP contribution in [0.25, 0.3) is 0 Å². The van der Waals surface area contributed by atoms with E-state index in [9.17, 15) is 19.2 Å². The Morgan fingerprint density at radius 3 is 2.21 bits per heavy atom. The summed E-state index contributed by atoms with van der Waals surface area (Å²) in [6.07, 6.45) is 1.39. The van der Waals surface area contributed by atoms with Crippen molar-refractivity contribution < 1.29 is 23.9 Å². The Morgan fingerprint density at radius 1 is 1.00 bits per heavy atom. The summed E-state index contributed by atoms with van der Waals surface area (Å²) in [5, 5.41) is 2.62. The second-order valence-corrected chi connectivity index (χ2v) is 6.26. The van der Waals surface area contributed by atoms with Crippen molar-refractivity contribution in [3.05, 3.63) is 59.7 Å². The number of ether oxygens (including phenoxy) is 1. The van der Waals surface area contributed by atoms with Crippen LogP contribution in [0, 0.1) is 0 Å². The van der Waals surface area contributed by atoms with Gasteiger partial charge in [0.05, 0.1) is 5.56 Å². The summed E-state index contributed by atoms with van der Waals surface area (Å²) in [5.74, 6) is -1.69. The molecule has 0 radical (unpaired) electrons. The molecule has 1 aliphatic heterocycles. The van der Waals surface area contributed by atoms with Crippen LogP contribution in [0.4, 0.5) is 11.4 Å². The van der Waals surface area contributed by atoms with Gasteiger partial charge in [0.15, 0.2) is 6.61 Å². The van der Waals surface area contributed by atoms with Crippen molar-refractivity contribution in [1.82, 2.24) is 0 Å². The molecule has 0 atom stereocenters. The molecule has 0 bridgehead atoms. The molecular formula is C20H19N3O5. The Kier molecular flexibility index (Phi) is 5.69. The van der Waals surface area contributed by atoms with Gasteiger partial charge in [-0.2, -0.15) is 0 Å². The van der Waals surface area contributed by atoms with E-state index in [1.165, 1.54) is 24.3 Å². The van der Waals surface area contributed by atoms with Crippen molar-refractivity contribution in [1.29, 1.82) is 0 Å². The van der Waals surface area contributed by atoms with Crippen LogP contribution in [-0.2, 0) is 14.3 Å². The zero-order valence-corrected chi connectivity index (χ0v) is 15.0. The number of primary amides is 1. The van der Waals surface area contributed by atoms with Gasteiger partial charge in [-0.05, 0) is 55.0 Å². The van der Waals surface area contributed by atoms with Gasteiger partial charge in [-0.15, -0.1) is 0 Å². The Balaban J connectivity index is 1.50. The molecule has 3 amide bonds. The molecule has 2 aromatic carbocycles. The number of hydrogen-bond acceptors (Lipinski definition) is 5. The van der Waals surface area contributed by atoms with Crippen molar-refractivity contribution in [3.63, 3.8) is 0 Å². The number of amides is 3. The SMILES string of the molecule is NC(=O)c1ccc(C(=O)OCC(=O)Nc2ccc(N3CCCC3=O)cc2)cc1. The zero-order chi connectivity index (χ0) is 20.1. The fraction of sp³-hybridized carbons (Fsp3) is 0.200. The minimum Gasteiger partial charge on any atom is -0.452 e. The first-order valence-corrected chi connectivity index (χ1v) is 8.71.